The largest absolute Gasteiger partial charge is 0.0763 e. The number of hydrogen-bond donors (Lipinski definition) is 0. The minimum atomic E-state index is 1.04. The molecule has 0 unspecified atom stereocenters. The van der Waals surface area contributed by atoms with Gasteiger partial charge in [-0.25, -0.2) is 0 Å². The first-order valence-corrected chi connectivity index (χ1v) is 17.7. The number of rotatable bonds is 4. The summed E-state index contributed by atoms with van der Waals surface area (Å²) >= 11 is 0. The summed E-state index contributed by atoms with van der Waals surface area (Å²) < 4.78 is 0. The Labute approximate surface area is 291 Å². The first kappa shape index (κ1) is 28.7. The van der Waals surface area contributed by atoms with Crippen molar-refractivity contribution in [2.24, 2.45) is 0 Å². The Hall–Kier alpha value is -6.24. The van der Waals surface area contributed by atoms with Gasteiger partial charge in [-0.2, -0.15) is 0 Å². The summed E-state index contributed by atoms with van der Waals surface area (Å²) in [5.41, 5.74) is 10.3. The van der Waals surface area contributed by atoms with Gasteiger partial charge in [-0.3, -0.25) is 0 Å². The zero-order valence-electron chi connectivity index (χ0n) is 27.7. The molecule has 0 radical (unpaired) electrons. The molecular weight excluding hydrogens is 601 g/mol. The van der Waals surface area contributed by atoms with Crippen molar-refractivity contribution in [3.63, 3.8) is 0 Å². The molecule has 0 nitrogen and oxygen atoms in total. The van der Waals surface area contributed by atoms with Gasteiger partial charge in [0, 0.05) is 0 Å². The third-order valence-corrected chi connectivity index (χ3v) is 10.7. The Morgan fingerprint density at radius 1 is 0.340 bits per heavy atom. The second kappa shape index (κ2) is 11.7. The molecule has 50 heavy (non-hydrogen) atoms. The second-order valence-electron chi connectivity index (χ2n) is 13.5. The lowest BCUT2D eigenvalue weighted by atomic mass is 9.82. The number of fused-ring (bicyclic) bond motifs is 5. The molecule has 0 spiro atoms. The van der Waals surface area contributed by atoms with Gasteiger partial charge < -0.3 is 0 Å². The molecule has 0 heteroatoms. The molecule has 0 amide bonds. The van der Waals surface area contributed by atoms with Crippen LogP contribution in [0.4, 0.5) is 0 Å². The predicted molar refractivity (Wildman–Crippen MR) is 215 cm³/mol. The van der Waals surface area contributed by atoms with Crippen LogP contribution in [0.25, 0.3) is 88.1 Å². The van der Waals surface area contributed by atoms with Crippen molar-refractivity contribution < 1.29 is 0 Å². The minimum absolute atomic E-state index is 1.04. The Morgan fingerprint density at radius 3 is 1.72 bits per heavy atom. The molecule has 0 fully saturated rings. The highest BCUT2D eigenvalue weighted by molar-refractivity contribution is 6.24. The van der Waals surface area contributed by atoms with E-state index in [-0.39, 0.29) is 0 Å². The monoisotopic (exact) mass is 634 g/mol. The van der Waals surface area contributed by atoms with Crippen molar-refractivity contribution in [1.29, 1.82) is 0 Å². The van der Waals surface area contributed by atoms with Crippen LogP contribution in [0.15, 0.2) is 176 Å². The first-order chi connectivity index (χ1) is 24.8. The van der Waals surface area contributed by atoms with E-state index in [0.29, 0.717) is 0 Å². The summed E-state index contributed by atoms with van der Waals surface area (Å²) in [6.07, 6.45) is 4.49. The normalized spacial score (nSPS) is 12.8. The summed E-state index contributed by atoms with van der Waals surface area (Å²) in [5, 5.41) is 12.9. The molecule has 0 aliphatic heterocycles. The highest BCUT2D eigenvalue weighted by atomic mass is 14.2. The van der Waals surface area contributed by atoms with E-state index in [9.17, 15) is 0 Å². The highest BCUT2D eigenvalue weighted by Crippen LogP contribution is 2.47. The predicted octanol–water partition coefficient (Wildman–Crippen LogP) is 12.1. The SMILES string of the molecule is C1=c2ccccc2=C(c2ccc3c(-c4cccc5ccccc45)c4cc(-c5cccc6ccccc56)ccc4c(-c4ccccc4)c3c2)CC1. The average molecular weight is 635 g/mol. The number of hydrogen-bond acceptors (Lipinski definition) is 0. The van der Waals surface area contributed by atoms with E-state index in [1.807, 2.05) is 0 Å². The fourth-order valence-corrected chi connectivity index (χ4v) is 8.47. The maximum Gasteiger partial charge on any atom is -0.00199 e. The van der Waals surface area contributed by atoms with Crippen molar-refractivity contribution in [3.05, 3.63) is 192 Å². The van der Waals surface area contributed by atoms with Gasteiger partial charge in [0.1, 0.15) is 0 Å². The van der Waals surface area contributed by atoms with Crippen LogP contribution in [0, 0.1) is 0 Å². The lowest BCUT2D eigenvalue weighted by Crippen LogP contribution is -2.29. The van der Waals surface area contributed by atoms with E-state index < -0.39 is 0 Å². The summed E-state index contributed by atoms with van der Waals surface area (Å²) in [4.78, 5) is 0. The van der Waals surface area contributed by atoms with Gasteiger partial charge >= 0.3 is 0 Å². The third kappa shape index (κ3) is 4.60. The Morgan fingerprint density at radius 2 is 0.920 bits per heavy atom. The van der Waals surface area contributed by atoms with Crippen LogP contribution >= 0.6 is 0 Å². The lowest BCUT2D eigenvalue weighted by molar-refractivity contribution is 1.08. The fourth-order valence-electron chi connectivity index (χ4n) is 8.47. The summed E-state index contributed by atoms with van der Waals surface area (Å²) in [5.74, 6) is 0. The quantitative estimate of drug-likeness (QED) is 0.169. The molecule has 0 bridgehead atoms. The molecule has 9 aromatic rings. The average Bonchev–Trinajstić information content (AvgIpc) is 3.19. The van der Waals surface area contributed by atoms with Crippen molar-refractivity contribution in [2.75, 3.05) is 0 Å². The van der Waals surface area contributed by atoms with Crippen molar-refractivity contribution in [1.82, 2.24) is 0 Å². The molecule has 234 valence electrons. The van der Waals surface area contributed by atoms with Crippen LogP contribution in [0.3, 0.4) is 0 Å². The smallest absolute Gasteiger partial charge is 0.00199 e. The zero-order chi connectivity index (χ0) is 33.0. The van der Waals surface area contributed by atoms with Gasteiger partial charge in [0.05, 0.1) is 0 Å². The minimum Gasteiger partial charge on any atom is -0.0763 e. The van der Waals surface area contributed by atoms with Crippen LogP contribution in [-0.2, 0) is 0 Å². The van der Waals surface area contributed by atoms with Gasteiger partial charge in [0.15, 0.2) is 0 Å². The van der Waals surface area contributed by atoms with Crippen LogP contribution < -0.4 is 10.4 Å². The lowest BCUT2D eigenvalue weighted by Gasteiger charge is -2.21. The molecular formula is C50H34. The molecule has 1 aliphatic carbocycles. The molecule has 0 atom stereocenters. The van der Waals surface area contributed by atoms with E-state index in [2.05, 4.69) is 182 Å². The topological polar surface area (TPSA) is 0 Å². The Balaban J connectivity index is 1.37. The van der Waals surface area contributed by atoms with Crippen LogP contribution in [0.2, 0.25) is 0 Å². The van der Waals surface area contributed by atoms with Crippen molar-refractivity contribution >= 4 is 54.7 Å². The van der Waals surface area contributed by atoms with E-state index in [1.54, 1.807) is 0 Å². The van der Waals surface area contributed by atoms with Crippen molar-refractivity contribution in [3.8, 4) is 33.4 Å². The van der Waals surface area contributed by atoms with E-state index in [1.165, 1.54) is 98.0 Å². The molecule has 9 aromatic carbocycles. The van der Waals surface area contributed by atoms with E-state index in [0.717, 1.165) is 12.8 Å². The van der Waals surface area contributed by atoms with Gasteiger partial charge in [-0.1, -0.05) is 170 Å². The van der Waals surface area contributed by atoms with Crippen LogP contribution in [0.5, 0.6) is 0 Å². The Kier molecular flexibility index (Phi) is 6.74. The molecule has 1 aliphatic rings. The van der Waals surface area contributed by atoms with E-state index >= 15 is 0 Å². The van der Waals surface area contributed by atoms with Crippen LogP contribution in [-0.4, -0.2) is 0 Å². The Bertz CT molecular complexity index is 2900. The molecule has 0 N–H and O–H groups in total. The maximum atomic E-state index is 2.49. The number of benzene rings is 9. The summed E-state index contributed by atoms with van der Waals surface area (Å²) in [6.45, 7) is 0. The fraction of sp³-hybridized carbons (Fsp3) is 0.0400. The molecule has 0 heterocycles. The summed E-state index contributed by atoms with van der Waals surface area (Å²) in [7, 11) is 0. The highest BCUT2D eigenvalue weighted by Gasteiger charge is 2.20. The first-order valence-electron chi connectivity index (χ1n) is 17.7. The van der Waals surface area contributed by atoms with Crippen LogP contribution in [0.1, 0.15) is 18.4 Å². The standard InChI is InChI=1S/C50H34/c1-2-16-36(17-3-1)49-45-29-27-38(43-25-11-19-34-14-5-8-22-40(34)43)32-48(45)50(44-26-12-20-35-15-6-9-23-41(35)44)46-30-28-37(31-47(46)49)42-24-10-18-33-13-4-7-21-39(33)42/h1-9,11-23,25-32H,10,24H2. The van der Waals surface area contributed by atoms with Gasteiger partial charge in [0.25, 0.3) is 0 Å². The third-order valence-electron chi connectivity index (χ3n) is 10.7. The molecule has 0 saturated carbocycles. The van der Waals surface area contributed by atoms with E-state index in [4.69, 9.17) is 0 Å². The van der Waals surface area contributed by atoms with Gasteiger partial charge in [-0.05, 0) is 123 Å². The zero-order valence-corrected chi connectivity index (χ0v) is 27.7. The maximum absolute atomic E-state index is 2.49. The van der Waals surface area contributed by atoms with Crippen molar-refractivity contribution in [2.45, 2.75) is 12.8 Å². The van der Waals surface area contributed by atoms with Gasteiger partial charge in [0.2, 0.25) is 0 Å². The molecule has 0 aromatic heterocycles. The molecule has 10 rings (SSSR count). The summed E-state index contributed by atoms with van der Waals surface area (Å²) in [6, 6.07) is 65.3. The molecule has 0 saturated heterocycles. The second-order valence-corrected chi connectivity index (χ2v) is 13.5. The van der Waals surface area contributed by atoms with Gasteiger partial charge in [-0.15, -0.1) is 0 Å².